The number of fused-ring (bicyclic) bond motifs is 1. The quantitative estimate of drug-likeness (QED) is 0.693. The average molecular weight is 419 g/mol. The van der Waals surface area contributed by atoms with Crippen LogP contribution in [0.5, 0.6) is 11.5 Å². The molecule has 8 heteroatoms. The van der Waals surface area contributed by atoms with Crippen molar-refractivity contribution in [1.29, 1.82) is 0 Å². The Balaban J connectivity index is 1.81. The lowest BCUT2D eigenvalue weighted by Crippen LogP contribution is -2.39. The van der Waals surface area contributed by atoms with Gasteiger partial charge in [0.1, 0.15) is 23.7 Å². The summed E-state index contributed by atoms with van der Waals surface area (Å²) in [6.45, 7) is 5.36. The van der Waals surface area contributed by atoms with Gasteiger partial charge in [0.2, 0.25) is 10.0 Å². The minimum Gasteiger partial charge on any atom is -0.489 e. The van der Waals surface area contributed by atoms with E-state index in [-0.39, 0.29) is 11.7 Å². The van der Waals surface area contributed by atoms with Crippen LogP contribution in [0.4, 0.5) is 0 Å². The molecular formula is C21H25NO6S. The van der Waals surface area contributed by atoms with Crippen molar-refractivity contribution in [2.75, 3.05) is 5.75 Å². The molecule has 0 bridgehead atoms. The molecule has 156 valence electrons. The predicted octanol–water partition coefficient (Wildman–Crippen LogP) is 3.31. The monoisotopic (exact) mass is 419 g/mol. The fourth-order valence-electron chi connectivity index (χ4n) is 3.38. The predicted molar refractivity (Wildman–Crippen MR) is 108 cm³/mol. The second-order valence-electron chi connectivity index (χ2n) is 7.70. The third-order valence-electron chi connectivity index (χ3n) is 4.53. The Morgan fingerprint density at radius 3 is 2.62 bits per heavy atom. The van der Waals surface area contributed by atoms with E-state index in [0.29, 0.717) is 24.5 Å². The third-order valence-corrected chi connectivity index (χ3v) is 5.71. The summed E-state index contributed by atoms with van der Waals surface area (Å²) in [7, 11) is -3.83. The highest BCUT2D eigenvalue weighted by atomic mass is 32.2. The van der Waals surface area contributed by atoms with Gasteiger partial charge in [-0.2, -0.15) is 0 Å². The Morgan fingerprint density at radius 2 is 1.93 bits per heavy atom. The highest BCUT2D eigenvalue weighted by Crippen LogP contribution is 2.43. The molecule has 0 saturated carbocycles. The van der Waals surface area contributed by atoms with Gasteiger partial charge in [-0.05, 0) is 48.9 Å². The third kappa shape index (κ3) is 5.95. The van der Waals surface area contributed by atoms with Crippen LogP contribution in [0.3, 0.4) is 0 Å². The lowest BCUT2D eigenvalue weighted by molar-refractivity contribution is -0.144. The zero-order valence-electron chi connectivity index (χ0n) is 16.7. The first-order chi connectivity index (χ1) is 13.6. The number of nitrogens with one attached hydrogen (secondary N) is 1. The van der Waals surface area contributed by atoms with E-state index in [9.17, 15) is 13.2 Å². The van der Waals surface area contributed by atoms with Crippen molar-refractivity contribution >= 4 is 16.0 Å². The number of benzene rings is 2. The zero-order valence-corrected chi connectivity index (χ0v) is 17.5. The molecule has 0 aromatic heterocycles. The first-order valence-electron chi connectivity index (χ1n) is 9.30. The van der Waals surface area contributed by atoms with E-state index >= 15 is 0 Å². The second-order valence-corrected chi connectivity index (χ2v) is 9.42. The summed E-state index contributed by atoms with van der Waals surface area (Å²) < 4.78 is 36.6. The molecule has 0 amide bonds. The molecule has 0 radical (unpaired) electrons. The maximum Gasteiger partial charge on any atom is 0.323 e. The Morgan fingerprint density at radius 1 is 1.21 bits per heavy atom. The summed E-state index contributed by atoms with van der Waals surface area (Å²) in [5.41, 5.74) is 1.26. The standard InChI is InChI=1S/C21H25NO6S/c1-15(23)28-22-29(24,25)14-17-12-21(2,3)27-20-10-9-18(11-19(17)20)26-13-16-7-5-4-6-8-16/h4-11,17,22H,12-14H2,1-3H3. The lowest BCUT2D eigenvalue weighted by atomic mass is 9.85. The van der Waals surface area contributed by atoms with E-state index in [0.717, 1.165) is 18.1 Å². The molecule has 2 aromatic carbocycles. The molecule has 1 aliphatic heterocycles. The first kappa shape index (κ1) is 21.1. The number of hydrogen-bond acceptors (Lipinski definition) is 6. The molecule has 0 fully saturated rings. The van der Waals surface area contributed by atoms with Crippen molar-refractivity contribution in [2.24, 2.45) is 0 Å². The van der Waals surface area contributed by atoms with Crippen LogP contribution < -0.4 is 14.4 Å². The van der Waals surface area contributed by atoms with Crippen molar-refractivity contribution in [1.82, 2.24) is 4.89 Å². The van der Waals surface area contributed by atoms with E-state index in [1.807, 2.05) is 61.2 Å². The fraction of sp³-hybridized carbons (Fsp3) is 0.381. The van der Waals surface area contributed by atoms with Crippen LogP contribution in [-0.2, 0) is 26.3 Å². The van der Waals surface area contributed by atoms with Gasteiger partial charge >= 0.3 is 5.97 Å². The van der Waals surface area contributed by atoms with Crippen LogP contribution in [0.15, 0.2) is 48.5 Å². The molecule has 29 heavy (non-hydrogen) atoms. The highest BCUT2D eigenvalue weighted by molar-refractivity contribution is 7.89. The summed E-state index contributed by atoms with van der Waals surface area (Å²) in [4.78, 5) is 17.3. The zero-order chi connectivity index (χ0) is 21.1. The van der Waals surface area contributed by atoms with Gasteiger partial charge in [-0.25, -0.2) is 8.42 Å². The van der Waals surface area contributed by atoms with Crippen LogP contribution in [0.1, 0.15) is 44.2 Å². The highest BCUT2D eigenvalue weighted by Gasteiger charge is 2.36. The first-order valence-corrected chi connectivity index (χ1v) is 11.0. The topological polar surface area (TPSA) is 90.9 Å². The fourth-order valence-corrected chi connectivity index (χ4v) is 4.52. The summed E-state index contributed by atoms with van der Waals surface area (Å²) in [6.07, 6.45) is 0.489. The van der Waals surface area contributed by atoms with Crippen molar-refractivity contribution in [3.05, 3.63) is 59.7 Å². The molecule has 2 aromatic rings. The maximum atomic E-state index is 12.4. The SMILES string of the molecule is CC(=O)ONS(=O)(=O)CC1CC(C)(C)Oc2ccc(OCc3ccccc3)cc21. The molecule has 0 saturated heterocycles. The Labute approximate surface area is 171 Å². The van der Waals surface area contributed by atoms with E-state index in [1.54, 1.807) is 6.07 Å². The smallest absolute Gasteiger partial charge is 0.323 e. The van der Waals surface area contributed by atoms with Crippen LogP contribution in [-0.4, -0.2) is 25.7 Å². The molecular weight excluding hydrogens is 394 g/mol. The minimum absolute atomic E-state index is 0.234. The van der Waals surface area contributed by atoms with Gasteiger partial charge in [-0.3, -0.25) is 4.79 Å². The van der Waals surface area contributed by atoms with Crippen molar-refractivity contribution in [2.45, 2.75) is 45.3 Å². The summed E-state index contributed by atoms with van der Waals surface area (Å²) >= 11 is 0. The molecule has 0 spiro atoms. The maximum absolute atomic E-state index is 12.4. The van der Waals surface area contributed by atoms with Gasteiger partial charge in [0.25, 0.3) is 0 Å². The van der Waals surface area contributed by atoms with E-state index in [1.165, 1.54) is 0 Å². The second kappa shape index (κ2) is 8.42. The Bertz CT molecular complexity index is 972. The van der Waals surface area contributed by atoms with E-state index in [4.69, 9.17) is 9.47 Å². The molecule has 1 N–H and O–H groups in total. The van der Waals surface area contributed by atoms with Gasteiger partial charge < -0.3 is 14.3 Å². The normalized spacial score (nSPS) is 17.7. The summed E-state index contributed by atoms with van der Waals surface area (Å²) in [6, 6.07) is 15.2. The van der Waals surface area contributed by atoms with Crippen molar-refractivity contribution in [3.8, 4) is 11.5 Å². The molecule has 1 aliphatic rings. The largest absolute Gasteiger partial charge is 0.489 e. The van der Waals surface area contributed by atoms with Gasteiger partial charge in [0.15, 0.2) is 0 Å². The summed E-state index contributed by atoms with van der Waals surface area (Å²) in [5, 5.41) is 0. The lowest BCUT2D eigenvalue weighted by Gasteiger charge is -2.37. The molecule has 1 unspecified atom stereocenters. The average Bonchev–Trinajstić information content (AvgIpc) is 2.65. The van der Waals surface area contributed by atoms with E-state index < -0.39 is 21.6 Å². The number of hydrogen-bond donors (Lipinski definition) is 1. The molecule has 1 heterocycles. The molecule has 3 rings (SSSR count). The number of carbonyl (C=O) groups excluding carboxylic acids is 1. The molecule has 7 nitrogen and oxygen atoms in total. The Hall–Kier alpha value is -2.58. The van der Waals surface area contributed by atoms with Crippen LogP contribution in [0.2, 0.25) is 0 Å². The van der Waals surface area contributed by atoms with Gasteiger partial charge in [0, 0.05) is 18.4 Å². The van der Waals surface area contributed by atoms with Gasteiger partial charge in [-0.1, -0.05) is 30.3 Å². The Kier molecular flexibility index (Phi) is 6.14. The van der Waals surface area contributed by atoms with Crippen LogP contribution in [0, 0.1) is 0 Å². The van der Waals surface area contributed by atoms with Crippen LogP contribution in [0.25, 0.3) is 0 Å². The number of ether oxygens (including phenoxy) is 2. The van der Waals surface area contributed by atoms with Gasteiger partial charge in [-0.15, -0.1) is 0 Å². The van der Waals surface area contributed by atoms with Crippen LogP contribution >= 0.6 is 0 Å². The van der Waals surface area contributed by atoms with Gasteiger partial charge in [0.05, 0.1) is 5.75 Å². The molecule has 1 atom stereocenters. The van der Waals surface area contributed by atoms with Crippen molar-refractivity contribution < 1.29 is 27.5 Å². The summed E-state index contributed by atoms with van der Waals surface area (Å²) in [5.74, 6) is -0.0467. The number of rotatable bonds is 7. The molecule has 0 aliphatic carbocycles. The minimum atomic E-state index is -3.83. The number of sulfonamides is 1. The van der Waals surface area contributed by atoms with E-state index in [2.05, 4.69) is 4.84 Å². The van der Waals surface area contributed by atoms with Crippen molar-refractivity contribution in [3.63, 3.8) is 0 Å². The number of carbonyl (C=O) groups is 1.